The Morgan fingerprint density at radius 2 is 2.24 bits per heavy atom. The number of aliphatic imine (C=N–C) groups is 1. The Hall–Kier alpha value is -1.14. The van der Waals surface area contributed by atoms with Crippen LogP contribution in [0.4, 0.5) is 0 Å². The molecule has 1 saturated heterocycles. The quantitative estimate of drug-likeness (QED) is 0.647. The van der Waals surface area contributed by atoms with Gasteiger partial charge in [0.1, 0.15) is 0 Å². The van der Waals surface area contributed by atoms with Crippen LogP contribution in [0.5, 0.6) is 0 Å². The first-order valence-corrected chi connectivity index (χ1v) is 8.43. The van der Waals surface area contributed by atoms with Crippen LogP contribution in [0.25, 0.3) is 0 Å². The molecule has 1 fully saturated rings. The number of thiazole rings is 1. The SMILES string of the molecule is CCNC(=NCc1sc(C)nc1C)NCC1(C)CCCO1. The summed E-state index contributed by atoms with van der Waals surface area (Å²) in [5.41, 5.74) is 1.02. The molecule has 5 nitrogen and oxygen atoms in total. The van der Waals surface area contributed by atoms with Crippen LogP contribution in [-0.2, 0) is 11.3 Å². The van der Waals surface area contributed by atoms with Crippen LogP contribution < -0.4 is 10.6 Å². The summed E-state index contributed by atoms with van der Waals surface area (Å²) in [5.74, 6) is 0.847. The highest BCUT2D eigenvalue weighted by Gasteiger charge is 2.29. The van der Waals surface area contributed by atoms with Crippen molar-refractivity contribution >= 4 is 17.3 Å². The molecular formula is C15H26N4OS. The molecule has 0 amide bonds. The summed E-state index contributed by atoms with van der Waals surface area (Å²) in [5, 5.41) is 7.79. The molecule has 0 radical (unpaired) electrons. The molecule has 6 heteroatoms. The molecule has 0 spiro atoms. The van der Waals surface area contributed by atoms with Crippen molar-refractivity contribution in [2.75, 3.05) is 19.7 Å². The van der Waals surface area contributed by atoms with Gasteiger partial charge >= 0.3 is 0 Å². The molecular weight excluding hydrogens is 284 g/mol. The van der Waals surface area contributed by atoms with E-state index in [-0.39, 0.29) is 5.60 Å². The van der Waals surface area contributed by atoms with Crippen molar-refractivity contribution in [3.05, 3.63) is 15.6 Å². The van der Waals surface area contributed by atoms with Gasteiger partial charge in [-0.25, -0.2) is 9.98 Å². The number of rotatable bonds is 5. The van der Waals surface area contributed by atoms with Gasteiger partial charge in [0.25, 0.3) is 0 Å². The van der Waals surface area contributed by atoms with Crippen LogP contribution >= 0.6 is 11.3 Å². The molecule has 0 bridgehead atoms. The van der Waals surface area contributed by atoms with Crippen molar-refractivity contribution in [1.82, 2.24) is 15.6 Å². The molecule has 1 aliphatic heterocycles. The van der Waals surface area contributed by atoms with Gasteiger partial charge in [-0.05, 0) is 40.5 Å². The summed E-state index contributed by atoms with van der Waals surface area (Å²) in [6.45, 7) is 11.5. The minimum absolute atomic E-state index is 0.0623. The third kappa shape index (κ3) is 4.68. The lowest BCUT2D eigenvalue weighted by molar-refractivity contribution is 0.0243. The van der Waals surface area contributed by atoms with Crippen molar-refractivity contribution in [2.24, 2.45) is 4.99 Å². The maximum Gasteiger partial charge on any atom is 0.191 e. The van der Waals surface area contributed by atoms with E-state index < -0.39 is 0 Å². The van der Waals surface area contributed by atoms with Crippen LogP contribution in [0, 0.1) is 13.8 Å². The first-order valence-electron chi connectivity index (χ1n) is 7.61. The van der Waals surface area contributed by atoms with Gasteiger partial charge in [-0.1, -0.05) is 0 Å². The van der Waals surface area contributed by atoms with E-state index in [2.05, 4.69) is 34.5 Å². The molecule has 2 heterocycles. The van der Waals surface area contributed by atoms with E-state index in [1.807, 2.05) is 13.8 Å². The topological polar surface area (TPSA) is 58.5 Å². The van der Waals surface area contributed by atoms with Gasteiger partial charge in [0.2, 0.25) is 0 Å². The average molecular weight is 310 g/mol. The first-order chi connectivity index (χ1) is 10.0. The molecule has 0 aromatic carbocycles. The van der Waals surface area contributed by atoms with Gasteiger partial charge in [-0.2, -0.15) is 0 Å². The smallest absolute Gasteiger partial charge is 0.191 e. The molecule has 1 atom stereocenters. The Morgan fingerprint density at radius 3 is 2.81 bits per heavy atom. The Morgan fingerprint density at radius 1 is 1.43 bits per heavy atom. The number of aromatic nitrogens is 1. The molecule has 118 valence electrons. The number of hydrogen-bond donors (Lipinski definition) is 2. The van der Waals surface area contributed by atoms with Gasteiger partial charge < -0.3 is 15.4 Å². The molecule has 2 N–H and O–H groups in total. The fraction of sp³-hybridized carbons (Fsp3) is 0.733. The minimum Gasteiger partial charge on any atom is -0.373 e. The van der Waals surface area contributed by atoms with Gasteiger partial charge in [-0.3, -0.25) is 0 Å². The Balaban J connectivity index is 1.94. The maximum atomic E-state index is 5.80. The van der Waals surface area contributed by atoms with E-state index in [4.69, 9.17) is 4.74 Å². The Kier molecular flexibility index (Phi) is 5.58. The summed E-state index contributed by atoms with van der Waals surface area (Å²) in [6.07, 6.45) is 2.25. The highest BCUT2D eigenvalue weighted by molar-refractivity contribution is 7.11. The third-order valence-corrected chi connectivity index (χ3v) is 4.71. The number of ether oxygens (including phenoxy) is 1. The van der Waals surface area contributed by atoms with Crippen LogP contribution in [0.15, 0.2) is 4.99 Å². The molecule has 1 unspecified atom stereocenters. The lowest BCUT2D eigenvalue weighted by atomic mass is 10.0. The summed E-state index contributed by atoms with van der Waals surface area (Å²) in [7, 11) is 0. The van der Waals surface area contributed by atoms with Crippen molar-refractivity contribution in [2.45, 2.75) is 52.7 Å². The molecule has 2 rings (SSSR count). The van der Waals surface area contributed by atoms with Crippen LogP contribution in [0.1, 0.15) is 42.3 Å². The largest absolute Gasteiger partial charge is 0.373 e. The van der Waals surface area contributed by atoms with Crippen LogP contribution in [-0.4, -0.2) is 36.2 Å². The van der Waals surface area contributed by atoms with E-state index in [0.29, 0.717) is 6.54 Å². The van der Waals surface area contributed by atoms with E-state index >= 15 is 0 Å². The first kappa shape index (κ1) is 16.2. The number of hydrogen-bond acceptors (Lipinski definition) is 4. The second-order valence-electron chi connectivity index (χ2n) is 5.69. The fourth-order valence-corrected chi connectivity index (χ4v) is 3.32. The van der Waals surface area contributed by atoms with Crippen molar-refractivity contribution < 1.29 is 4.74 Å². The Labute approximate surface area is 131 Å². The lowest BCUT2D eigenvalue weighted by Gasteiger charge is -2.24. The van der Waals surface area contributed by atoms with Gasteiger partial charge in [-0.15, -0.1) is 11.3 Å². The summed E-state index contributed by atoms with van der Waals surface area (Å²) >= 11 is 1.72. The van der Waals surface area contributed by atoms with Gasteiger partial charge in [0, 0.05) is 24.6 Å². The molecule has 1 aromatic rings. The zero-order valence-electron chi connectivity index (χ0n) is 13.5. The summed E-state index contributed by atoms with van der Waals surface area (Å²) in [4.78, 5) is 10.3. The van der Waals surface area contributed by atoms with E-state index in [9.17, 15) is 0 Å². The van der Waals surface area contributed by atoms with Crippen LogP contribution in [0.3, 0.4) is 0 Å². The maximum absolute atomic E-state index is 5.80. The highest BCUT2D eigenvalue weighted by Crippen LogP contribution is 2.23. The average Bonchev–Trinajstić information content (AvgIpc) is 3.00. The normalized spacial score (nSPS) is 22.6. The molecule has 21 heavy (non-hydrogen) atoms. The van der Waals surface area contributed by atoms with E-state index in [1.165, 1.54) is 4.88 Å². The highest BCUT2D eigenvalue weighted by atomic mass is 32.1. The predicted molar refractivity (Wildman–Crippen MR) is 88.0 cm³/mol. The van der Waals surface area contributed by atoms with Gasteiger partial charge in [0.15, 0.2) is 5.96 Å². The number of guanidine groups is 1. The van der Waals surface area contributed by atoms with Crippen molar-refractivity contribution in [3.8, 4) is 0 Å². The molecule has 0 saturated carbocycles. The van der Waals surface area contributed by atoms with E-state index in [0.717, 1.165) is 49.2 Å². The van der Waals surface area contributed by atoms with Gasteiger partial charge in [0.05, 0.1) is 22.8 Å². The fourth-order valence-electron chi connectivity index (χ4n) is 2.46. The predicted octanol–water partition coefficient (Wildman–Crippen LogP) is 2.38. The standard InChI is InChI=1S/C15H26N4OS/c1-5-16-14(18-10-15(4)7-6-8-20-15)17-9-13-11(2)19-12(3)21-13/h5-10H2,1-4H3,(H2,16,17,18). The molecule has 1 aromatic heterocycles. The Bertz CT molecular complexity index is 492. The second-order valence-corrected chi connectivity index (χ2v) is 6.98. The lowest BCUT2D eigenvalue weighted by Crippen LogP contribution is -2.45. The monoisotopic (exact) mass is 310 g/mol. The van der Waals surface area contributed by atoms with Crippen molar-refractivity contribution in [1.29, 1.82) is 0 Å². The van der Waals surface area contributed by atoms with Crippen molar-refractivity contribution in [3.63, 3.8) is 0 Å². The minimum atomic E-state index is -0.0623. The zero-order chi connectivity index (χ0) is 15.3. The number of nitrogens with zero attached hydrogens (tertiary/aromatic N) is 2. The number of aryl methyl sites for hydroxylation is 2. The second kappa shape index (κ2) is 7.22. The van der Waals surface area contributed by atoms with E-state index in [1.54, 1.807) is 11.3 Å². The number of nitrogens with one attached hydrogen (secondary N) is 2. The molecule has 0 aliphatic carbocycles. The van der Waals surface area contributed by atoms with Crippen LogP contribution in [0.2, 0.25) is 0 Å². The molecule has 1 aliphatic rings. The zero-order valence-corrected chi connectivity index (χ0v) is 14.3. The summed E-state index contributed by atoms with van der Waals surface area (Å²) in [6, 6.07) is 0. The third-order valence-electron chi connectivity index (χ3n) is 3.65. The summed E-state index contributed by atoms with van der Waals surface area (Å²) < 4.78 is 5.80.